The van der Waals surface area contributed by atoms with Gasteiger partial charge in [-0.2, -0.15) is 5.10 Å². The van der Waals surface area contributed by atoms with Crippen LogP contribution >= 0.6 is 0 Å². The Morgan fingerprint density at radius 1 is 1.22 bits per heavy atom. The Bertz CT molecular complexity index is 887. The molecule has 3 aliphatic rings. The topological polar surface area (TPSA) is 101 Å². The second-order valence-corrected chi connectivity index (χ2v) is 10.2. The van der Waals surface area contributed by atoms with Crippen molar-refractivity contribution in [2.24, 2.45) is 5.92 Å². The monoisotopic (exact) mass is 394 g/mol. The summed E-state index contributed by atoms with van der Waals surface area (Å²) in [5.74, 6) is 0.524. The maximum Gasteiger partial charge on any atom is 0.317 e. The molecule has 1 aromatic rings. The van der Waals surface area contributed by atoms with Gasteiger partial charge < -0.3 is 10.2 Å². The number of carbonyl (C=O) groups is 1. The van der Waals surface area contributed by atoms with Crippen molar-refractivity contribution in [2.45, 2.75) is 51.1 Å². The molecular weight excluding hydrogens is 368 g/mol. The quantitative estimate of drug-likeness (QED) is 0.797. The van der Waals surface area contributed by atoms with Gasteiger partial charge in [0.05, 0.1) is 17.2 Å². The van der Waals surface area contributed by atoms with Gasteiger partial charge in [-0.3, -0.25) is 4.79 Å². The summed E-state index contributed by atoms with van der Waals surface area (Å²) in [4.78, 5) is 26.4. The van der Waals surface area contributed by atoms with Gasteiger partial charge in [0.1, 0.15) is 0 Å². The molecule has 27 heavy (non-hydrogen) atoms. The number of sulfone groups is 1. The van der Waals surface area contributed by atoms with Crippen molar-refractivity contribution >= 4 is 15.9 Å². The van der Waals surface area contributed by atoms with E-state index >= 15 is 0 Å². The van der Waals surface area contributed by atoms with Crippen molar-refractivity contribution in [3.63, 3.8) is 0 Å². The van der Waals surface area contributed by atoms with E-state index in [-0.39, 0.29) is 29.1 Å². The first-order valence-electron chi connectivity index (χ1n) is 9.75. The SMILES string of the molecule is O=C(NC1CCS(=O)(=O)C1)N1CCC(Cn2nc3c(cc2=O)CCC3)CC1. The molecule has 9 heteroatoms. The first-order valence-corrected chi connectivity index (χ1v) is 11.6. The summed E-state index contributed by atoms with van der Waals surface area (Å²) in [5.41, 5.74) is 2.12. The largest absolute Gasteiger partial charge is 0.334 e. The summed E-state index contributed by atoms with van der Waals surface area (Å²) in [5, 5.41) is 7.38. The summed E-state index contributed by atoms with van der Waals surface area (Å²) < 4.78 is 24.6. The third kappa shape index (κ3) is 4.17. The molecule has 2 saturated heterocycles. The number of carbonyl (C=O) groups excluding carboxylic acids is 1. The molecule has 0 radical (unpaired) electrons. The number of fused-ring (bicyclic) bond motifs is 1. The molecule has 1 N–H and O–H groups in total. The van der Waals surface area contributed by atoms with E-state index in [9.17, 15) is 18.0 Å². The number of amides is 2. The zero-order chi connectivity index (χ0) is 19.0. The smallest absolute Gasteiger partial charge is 0.317 e. The number of hydrogen-bond acceptors (Lipinski definition) is 5. The number of nitrogens with one attached hydrogen (secondary N) is 1. The van der Waals surface area contributed by atoms with Gasteiger partial charge in [-0.1, -0.05) is 0 Å². The number of likely N-dealkylation sites (tertiary alicyclic amines) is 1. The average Bonchev–Trinajstić information content (AvgIpc) is 3.21. The Labute approximate surface area is 158 Å². The minimum atomic E-state index is -3.00. The molecule has 2 amide bonds. The van der Waals surface area contributed by atoms with E-state index in [2.05, 4.69) is 10.4 Å². The number of piperidine rings is 1. The van der Waals surface area contributed by atoms with Crippen LogP contribution in [-0.2, 0) is 29.2 Å². The van der Waals surface area contributed by atoms with E-state index in [0.29, 0.717) is 32.0 Å². The van der Waals surface area contributed by atoms with Crippen LogP contribution in [0.5, 0.6) is 0 Å². The number of rotatable bonds is 3. The summed E-state index contributed by atoms with van der Waals surface area (Å²) in [6, 6.07) is 1.28. The number of nitrogens with zero attached hydrogens (tertiary/aromatic N) is 3. The Morgan fingerprint density at radius 2 is 2.00 bits per heavy atom. The second kappa shape index (κ2) is 7.26. The van der Waals surface area contributed by atoms with Crippen LogP contribution in [0.1, 0.15) is 36.9 Å². The number of aromatic nitrogens is 2. The van der Waals surface area contributed by atoms with E-state index in [1.54, 1.807) is 15.6 Å². The van der Waals surface area contributed by atoms with Crippen molar-refractivity contribution < 1.29 is 13.2 Å². The van der Waals surface area contributed by atoms with Gasteiger partial charge in [0.2, 0.25) is 0 Å². The maximum absolute atomic E-state index is 12.4. The first-order chi connectivity index (χ1) is 12.9. The average molecular weight is 394 g/mol. The van der Waals surface area contributed by atoms with Crippen LogP contribution in [-0.4, -0.2) is 59.8 Å². The van der Waals surface area contributed by atoms with Gasteiger partial charge in [0.25, 0.3) is 5.56 Å². The third-order valence-electron chi connectivity index (χ3n) is 5.92. The predicted molar refractivity (Wildman–Crippen MR) is 100 cm³/mol. The minimum absolute atomic E-state index is 0.0294. The van der Waals surface area contributed by atoms with E-state index < -0.39 is 9.84 Å². The Hall–Kier alpha value is -1.90. The molecule has 3 heterocycles. The van der Waals surface area contributed by atoms with Crippen LogP contribution in [0.25, 0.3) is 0 Å². The van der Waals surface area contributed by atoms with E-state index in [4.69, 9.17) is 0 Å². The Kier molecular flexibility index (Phi) is 4.96. The fourth-order valence-electron chi connectivity index (χ4n) is 4.31. The van der Waals surface area contributed by atoms with Gasteiger partial charge in [-0.25, -0.2) is 17.9 Å². The van der Waals surface area contributed by atoms with Crippen molar-refractivity contribution in [2.75, 3.05) is 24.6 Å². The van der Waals surface area contributed by atoms with Crippen molar-refractivity contribution in [3.05, 3.63) is 27.7 Å². The molecule has 8 nitrogen and oxygen atoms in total. The van der Waals surface area contributed by atoms with E-state index in [1.807, 2.05) is 0 Å². The maximum atomic E-state index is 12.4. The standard InChI is InChI=1S/C18H26N4O4S/c23-17-10-14-2-1-3-16(14)20-22(17)11-13-4-7-21(8-5-13)18(24)19-15-6-9-27(25,26)12-15/h10,13,15H,1-9,11-12H2,(H,19,24). The normalized spacial score (nSPS) is 24.7. The molecule has 4 rings (SSSR count). The summed E-state index contributed by atoms with van der Waals surface area (Å²) in [7, 11) is -3.00. The molecular formula is C18H26N4O4S. The van der Waals surface area contributed by atoms with E-state index in [0.717, 1.165) is 43.4 Å². The highest BCUT2D eigenvalue weighted by Crippen LogP contribution is 2.21. The van der Waals surface area contributed by atoms with Gasteiger partial charge in [0.15, 0.2) is 9.84 Å². The number of aryl methyl sites for hydroxylation is 2. The van der Waals surface area contributed by atoms with Gasteiger partial charge in [-0.05, 0) is 50.0 Å². The summed E-state index contributed by atoms with van der Waals surface area (Å²) in [6.07, 6.45) is 5.11. The van der Waals surface area contributed by atoms with Crippen LogP contribution in [0.4, 0.5) is 4.79 Å². The summed E-state index contributed by atoms with van der Waals surface area (Å²) >= 11 is 0. The lowest BCUT2D eigenvalue weighted by Gasteiger charge is -2.32. The lowest BCUT2D eigenvalue weighted by Crippen LogP contribution is -2.48. The van der Waals surface area contributed by atoms with Crippen LogP contribution < -0.4 is 10.9 Å². The van der Waals surface area contributed by atoms with Crippen molar-refractivity contribution in [1.29, 1.82) is 0 Å². The molecule has 0 spiro atoms. The molecule has 148 valence electrons. The Morgan fingerprint density at radius 3 is 2.70 bits per heavy atom. The first kappa shape index (κ1) is 18.5. The predicted octanol–water partition coefficient (Wildman–Crippen LogP) is 0.341. The highest BCUT2D eigenvalue weighted by molar-refractivity contribution is 7.91. The molecule has 1 unspecified atom stereocenters. The highest BCUT2D eigenvalue weighted by Gasteiger charge is 2.31. The molecule has 1 aromatic heterocycles. The second-order valence-electron chi connectivity index (χ2n) is 7.97. The zero-order valence-corrected chi connectivity index (χ0v) is 16.2. The lowest BCUT2D eigenvalue weighted by atomic mass is 9.97. The summed E-state index contributed by atoms with van der Waals surface area (Å²) in [6.45, 7) is 1.84. The van der Waals surface area contributed by atoms with Gasteiger partial charge in [0, 0.05) is 31.7 Å². The number of urea groups is 1. The fourth-order valence-corrected chi connectivity index (χ4v) is 5.98. The van der Waals surface area contributed by atoms with Gasteiger partial charge >= 0.3 is 6.03 Å². The third-order valence-corrected chi connectivity index (χ3v) is 7.68. The van der Waals surface area contributed by atoms with Crippen LogP contribution in [0.3, 0.4) is 0 Å². The molecule has 2 aliphatic heterocycles. The molecule has 2 fully saturated rings. The molecule has 0 aromatic carbocycles. The van der Waals surface area contributed by atoms with Crippen LogP contribution in [0, 0.1) is 5.92 Å². The minimum Gasteiger partial charge on any atom is -0.334 e. The van der Waals surface area contributed by atoms with Crippen LogP contribution in [0.15, 0.2) is 10.9 Å². The van der Waals surface area contributed by atoms with Crippen LogP contribution in [0.2, 0.25) is 0 Å². The molecule has 0 bridgehead atoms. The number of hydrogen-bond donors (Lipinski definition) is 1. The molecule has 1 atom stereocenters. The van der Waals surface area contributed by atoms with E-state index in [1.165, 1.54) is 0 Å². The van der Waals surface area contributed by atoms with Gasteiger partial charge in [-0.15, -0.1) is 0 Å². The lowest BCUT2D eigenvalue weighted by molar-refractivity contribution is 0.161. The highest BCUT2D eigenvalue weighted by atomic mass is 32.2. The fraction of sp³-hybridized carbons (Fsp3) is 0.722. The molecule has 1 aliphatic carbocycles. The molecule has 0 saturated carbocycles. The van der Waals surface area contributed by atoms with Crippen molar-refractivity contribution in [3.8, 4) is 0 Å². The Balaban J connectivity index is 1.29. The van der Waals surface area contributed by atoms with Crippen molar-refractivity contribution in [1.82, 2.24) is 20.0 Å². The zero-order valence-electron chi connectivity index (χ0n) is 15.4.